The van der Waals surface area contributed by atoms with Crippen LogP contribution in [-0.2, 0) is 5.41 Å². The number of hydrogen-bond donors (Lipinski definition) is 0. The third-order valence-corrected chi connectivity index (χ3v) is 10.2. The zero-order valence-electron chi connectivity index (χ0n) is 22.3. The van der Waals surface area contributed by atoms with Crippen LogP contribution in [0.5, 0.6) is 0 Å². The third kappa shape index (κ3) is 2.92. The highest BCUT2D eigenvalue weighted by Gasteiger charge is 2.73. The molecule has 4 heteroatoms. The molecule has 2 aliphatic carbocycles. The molecule has 3 unspecified atom stereocenters. The van der Waals surface area contributed by atoms with E-state index < -0.39 is 0 Å². The lowest BCUT2D eigenvalue weighted by atomic mass is 9.78. The van der Waals surface area contributed by atoms with Crippen LogP contribution in [0, 0.1) is 5.41 Å². The summed E-state index contributed by atoms with van der Waals surface area (Å²) in [5.41, 5.74) is 8.38. The molecule has 0 bridgehead atoms. The van der Waals surface area contributed by atoms with E-state index in [0.29, 0.717) is 5.92 Å². The third-order valence-electron chi connectivity index (χ3n) is 10.2. The number of rotatable bonds is 3. The molecule has 0 spiro atoms. The number of fused-ring (bicyclic) bond motifs is 8. The zero-order valence-corrected chi connectivity index (χ0v) is 22.3. The fourth-order valence-electron chi connectivity index (χ4n) is 8.04. The van der Waals surface area contributed by atoms with Crippen LogP contribution in [0.2, 0.25) is 0 Å². The number of aromatic nitrogens is 2. The Balaban J connectivity index is 1.32. The summed E-state index contributed by atoms with van der Waals surface area (Å²) in [7, 11) is 0. The first-order chi connectivity index (χ1) is 18.6. The lowest BCUT2D eigenvalue weighted by molar-refractivity contribution is 0.371. The summed E-state index contributed by atoms with van der Waals surface area (Å²) in [4.78, 5) is 14.8. The van der Waals surface area contributed by atoms with Gasteiger partial charge in [-0.25, -0.2) is 9.97 Å². The highest BCUT2D eigenvalue weighted by atomic mass is 15.5. The summed E-state index contributed by atoms with van der Waals surface area (Å²) in [5.74, 6) is 2.59. The Hall–Kier alpha value is -3.66. The number of anilines is 4. The molecular formula is C34H34N4. The lowest BCUT2D eigenvalue weighted by Gasteiger charge is -2.44. The molecular weight excluding hydrogens is 464 g/mol. The van der Waals surface area contributed by atoms with Crippen molar-refractivity contribution in [2.45, 2.75) is 69.9 Å². The molecule has 3 atom stereocenters. The summed E-state index contributed by atoms with van der Waals surface area (Å²) in [6.45, 7) is 4.92. The first kappa shape index (κ1) is 22.3. The molecule has 4 aliphatic rings. The van der Waals surface area contributed by atoms with Crippen molar-refractivity contribution < 1.29 is 0 Å². The second kappa shape index (κ2) is 7.92. The van der Waals surface area contributed by atoms with Crippen molar-refractivity contribution in [3.63, 3.8) is 0 Å². The number of benzene rings is 3. The lowest BCUT2D eigenvalue weighted by Crippen LogP contribution is -2.50. The minimum Gasteiger partial charge on any atom is -0.301 e. The Morgan fingerprint density at radius 3 is 2.26 bits per heavy atom. The second-order valence-electron chi connectivity index (χ2n) is 12.2. The number of nitrogens with zero attached hydrogens (tertiary/aromatic N) is 4. The monoisotopic (exact) mass is 498 g/mol. The largest absolute Gasteiger partial charge is 0.301 e. The van der Waals surface area contributed by atoms with Gasteiger partial charge in [0.1, 0.15) is 6.17 Å². The molecule has 4 nitrogen and oxygen atoms in total. The average Bonchev–Trinajstić information content (AvgIpc) is 3.40. The highest BCUT2D eigenvalue weighted by molar-refractivity contribution is 5.89. The summed E-state index contributed by atoms with van der Waals surface area (Å²) in [6.07, 6.45) is 11.7. The van der Waals surface area contributed by atoms with Gasteiger partial charge in [-0.3, -0.25) is 0 Å². The van der Waals surface area contributed by atoms with E-state index in [-0.39, 0.29) is 17.0 Å². The molecule has 3 aromatic carbocycles. The molecule has 1 aromatic heterocycles. The van der Waals surface area contributed by atoms with Gasteiger partial charge in [-0.2, -0.15) is 0 Å². The van der Waals surface area contributed by atoms with Crippen molar-refractivity contribution in [3.8, 4) is 11.1 Å². The van der Waals surface area contributed by atoms with Crippen LogP contribution in [0.1, 0.15) is 69.4 Å². The fraction of sp³-hybridized carbons (Fsp3) is 0.353. The maximum Gasteiger partial charge on any atom is 0.178 e. The first-order valence-electron chi connectivity index (χ1n) is 14.3. The first-order valence-corrected chi connectivity index (χ1v) is 14.3. The predicted molar refractivity (Wildman–Crippen MR) is 154 cm³/mol. The molecule has 8 rings (SSSR count). The van der Waals surface area contributed by atoms with Gasteiger partial charge >= 0.3 is 0 Å². The molecule has 4 aromatic rings. The van der Waals surface area contributed by atoms with Crippen LogP contribution in [0.15, 0.2) is 85.2 Å². The van der Waals surface area contributed by atoms with E-state index in [9.17, 15) is 0 Å². The molecule has 38 heavy (non-hydrogen) atoms. The van der Waals surface area contributed by atoms with Crippen molar-refractivity contribution >= 4 is 23.0 Å². The van der Waals surface area contributed by atoms with Crippen LogP contribution < -0.4 is 9.80 Å². The minimum atomic E-state index is 0.0970. The van der Waals surface area contributed by atoms with Gasteiger partial charge in [-0.1, -0.05) is 87.7 Å². The van der Waals surface area contributed by atoms with Crippen LogP contribution in [0.3, 0.4) is 0 Å². The standard InChI is InChI=1S/C34H34N4/c1-33-22-34(33,2)32-37(25-13-7-4-8-14-25)30-31(36-20-19-35-30)38(32)29-21-24(17-18-28(29)33)27-16-10-9-15-26(27)23-11-5-3-6-12-23/h4,7-10,13-21,23,32H,3,5-6,11-12,22H2,1-2H3. The Kier molecular flexibility index (Phi) is 4.66. The van der Waals surface area contributed by atoms with E-state index >= 15 is 0 Å². The maximum atomic E-state index is 4.94. The van der Waals surface area contributed by atoms with Crippen LogP contribution in [0.4, 0.5) is 23.0 Å². The topological polar surface area (TPSA) is 32.3 Å². The summed E-state index contributed by atoms with van der Waals surface area (Å²) < 4.78 is 0. The van der Waals surface area contributed by atoms with Crippen molar-refractivity contribution in [2.24, 2.45) is 5.41 Å². The van der Waals surface area contributed by atoms with Gasteiger partial charge in [0.15, 0.2) is 11.6 Å². The molecule has 2 fully saturated rings. The fourth-order valence-corrected chi connectivity index (χ4v) is 8.04. The molecule has 0 amide bonds. The normalized spacial score (nSPS) is 27.4. The Bertz CT molecular complexity index is 1540. The molecule has 2 aliphatic heterocycles. The van der Waals surface area contributed by atoms with Gasteiger partial charge in [0.05, 0.1) is 0 Å². The molecule has 2 saturated carbocycles. The van der Waals surface area contributed by atoms with Crippen molar-refractivity contribution in [1.82, 2.24) is 9.97 Å². The highest BCUT2D eigenvalue weighted by Crippen LogP contribution is 2.75. The van der Waals surface area contributed by atoms with Gasteiger partial charge in [0.25, 0.3) is 0 Å². The Labute approximate surface area is 225 Å². The van der Waals surface area contributed by atoms with E-state index in [2.05, 4.69) is 96.4 Å². The smallest absolute Gasteiger partial charge is 0.178 e. The maximum absolute atomic E-state index is 4.94. The SMILES string of the molecule is CC12CC1(C)C1N(c3ccccc3)c3nccnc3N1c1cc(-c3ccccc3C3CCCCC3)ccc12. The Morgan fingerprint density at radius 2 is 1.47 bits per heavy atom. The second-order valence-corrected chi connectivity index (χ2v) is 12.2. The molecule has 0 N–H and O–H groups in total. The van der Waals surface area contributed by atoms with E-state index in [4.69, 9.17) is 9.97 Å². The van der Waals surface area contributed by atoms with Crippen LogP contribution >= 0.6 is 0 Å². The van der Waals surface area contributed by atoms with E-state index in [0.717, 1.165) is 18.1 Å². The number of para-hydroxylation sites is 1. The molecule has 190 valence electrons. The van der Waals surface area contributed by atoms with Gasteiger partial charge in [0.2, 0.25) is 0 Å². The van der Waals surface area contributed by atoms with E-state index in [1.165, 1.54) is 65.7 Å². The average molecular weight is 499 g/mol. The summed E-state index contributed by atoms with van der Waals surface area (Å²) in [5, 5.41) is 0. The predicted octanol–water partition coefficient (Wildman–Crippen LogP) is 8.49. The minimum absolute atomic E-state index is 0.0970. The Morgan fingerprint density at radius 1 is 0.763 bits per heavy atom. The quantitative estimate of drug-likeness (QED) is 0.283. The van der Waals surface area contributed by atoms with Crippen LogP contribution in [-0.4, -0.2) is 16.1 Å². The zero-order chi connectivity index (χ0) is 25.5. The molecule has 0 radical (unpaired) electrons. The van der Waals surface area contributed by atoms with Crippen molar-refractivity contribution in [3.05, 3.63) is 96.3 Å². The van der Waals surface area contributed by atoms with Crippen LogP contribution in [0.25, 0.3) is 11.1 Å². The van der Waals surface area contributed by atoms with E-state index in [1.807, 2.05) is 12.4 Å². The van der Waals surface area contributed by atoms with Crippen molar-refractivity contribution in [2.75, 3.05) is 9.80 Å². The van der Waals surface area contributed by atoms with Gasteiger partial charge in [-0.05, 0) is 65.6 Å². The van der Waals surface area contributed by atoms with Gasteiger partial charge in [-0.15, -0.1) is 0 Å². The van der Waals surface area contributed by atoms with E-state index in [1.54, 1.807) is 0 Å². The number of hydrogen-bond acceptors (Lipinski definition) is 4. The van der Waals surface area contributed by atoms with Gasteiger partial charge < -0.3 is 9.80 Å². The van der Waals surface area contributed by atoms with Gasteiger partial charge in [0, 0.05) is 34.6 Å². The van der Waals surface area contributed by atoms with Crippen molar-refractivity contribution in [1.29, 1.82) is 0 Å². The molecule has 3 heterocycles. The molecule has 0 saturated heterocycles. The summed E-state index contributed by atoms with van der Waals surface area (Å²) in [6, 6.07) is 27.2. The summed E-state index contributed by atoms with van der Waals surface area (Å²) >= 11 is 0.